The summed E-state index contributed by atoms with van der Waals surface area (Å²) >= 11 is 6.44. The highest BCUT2D eigenvalue weighted by atomic mass is 35.5. The number of halogens is 2. The molecule has 1 aromatic heterocycles. The fourth-order valence-electron chi connectivity index (χ4n) is 4.27. The van der Waals surface area contributed by atoms with Gasteiger partial charge >= 0.3 is 0 Å². The van der Waals surface area contributed by atoms with Crippen molar-refractivity contribution < 1.29 is 4.39 Å². The molecule has 0 aliphatic carbocycles. The molecule has 1 aliphatic heterocycles. The Morgan fingerprint density at radius 3 is 2.32 bits per heavy atom. The van der Waals surface area contributed by atoms with Crippen LogP contribution in [0.3, 0.4) is 0 Å². The number of anilines is 1. The van der Waals surface area contributed by atoms with Gasteiger partial charge in [-0.25, -0.2) is 9.37 Å². The Labute approximate surface area is 186 Å². The van der Waals surface area contributed by atoms with Gasteiger partial charge in [-0.05, 0) is 35.9 Å². The van der Waals surface area contributed by atoms with Crippen molar-refractivity contribution in [2.45, 2.75) is 13.1 Å². The molecule has 5 rings (SSSR count). The lowest BCUT2D eigenvalue weighted by atomic mass is 10.2. The zero-order valence-electron chi connectivity index (χ0n) is 17.2. The first-order chi connectivity index (χ1) is 15.2. The highest BCUT2D eigenvalue weighted by Crippen LogP contribution is 2.24. The van der Waals surface area contributed by atoms with Crippen LogP contribution in [0.4, 0.5) is 10.1 Å². The molecule has 4 aromatic rings. The maximum Gasteiger partial charge on any atom is 0.146 e. The van der Waals surface area contributed by atoms with Gasteiger partial charge in [0.2, 0.25) is 0 Å². The Morgan fingerprint density at radius 1 is 0.806 bits per heavy atom. The van der Waals surface area contributed by atoms with Crippen molar-refractivity contribution in [3.8, 4) is 0 Å². The minimum absolute atomic E-state index is 0.155. The number of benzene rings is 3. The largest absolute Gasteiger partial charge is 0.367 e. The number of imidazole rings is 1. The number of para-hydroxylation sites is 3. The van der Waals surface area contributed by atoms with Gasteiger partial charge in [0.05, 0.1) is 29.8 Å². The van der Waals surface area contributed by atoms with E-state index in [0.29, 0.717) is 12.2 Å². The third-order valence-electron chi connectivity index (χ3n) is 5.95. The van der Waals surface area contributed by atoms with E-state index in [2.05, 4.69) is 32.6 Å². The fourth-order valence-corrected chi connectivity index (χ4v) is 4.47. The van der Waals surface area contributed by atoms with Crippen molar-refractivity contribution in [1.82, 2.24) is 14.5 Å². The molecule has 0 spiro atoms. The number of hydrogen-bond acceptors (Lipinski definition) is 3. The van der Waals surface area contributed by atoms with E-state index in [1.807, 2.05) is 42.5 Å². The van der Waals surface area contributed by atoms with Crippen LogP contribution < -0.4 is 4.90 Å². The number of fused-ring (bicyclic) bond motifs is 1. The van der Waals surface area contributed by atoms with Gasteiger partial charge in [0.15, 0.2) is 0 Å². The van der Waals surface area contributed by atoms with E-state index in [-0.39, 0.29) is 5.82 Å². The molecule has 0 atom stereocenters. The van der Waals surface area contributed by atoms with E-state index in [0.717, 1.165) is 60.2 Å². The Bertz CT molecular complexity index is 1200. The second-order valence-electron chi connectivity index (χ2n) is 7.91. The molecule has 0 unspecified atom stereocenters. The predicted octanol–water partition coefficient (Wildman–Crippen LogP) is 5.20. The Balaban J connectivity index is 1.36. The summed E-state index contributed by atoms with van der Waals surface area (Å²) in [7, 11) is 0. The average molecular weight is 435 g/mol. The maximum absolute atomic E-state index is 14.1. The first-order valence-corrected chi connectivity index (χ1v) is 11.0. The van der Waals surface area contributed by atoms with Gasteiger partial charge in [-0.1, -0.05) is 54.1 Å². The molecule has 4 nitrogen and oxygen atoms in total. The van der Waals surface area contributed by atoms with Crippen LogP contribution in [0.15, 0.2) is 72.8 Å². The lowest BCUT2D eigenvalue weighted by Gasteiger charge is -2.36. The standard InChI is InChI=1S/C25H24ClFN4/c26-20-8-2-1-7-19(20)17-31-24-12-6-4-10-22(24)28-25(31)18-29-13-15-30(16-14-29)23-11-5-3-9-21(23)27/h1-12H,13-18H2. The fraction of sp³-hybridized carbons (Fsp3) is 0.240. The average Bonchev–Trinajstić information content (AvgIpc) is 3.13. The third-order valence-corrected chi connectivity index (χ3v) is 6.32. The quantitative estimate of drug-likeness (QED) is 0.431. The lowest BCUT2D eigenvalue weighted by Crippen LogP contribution is -2.46. The van der Waals surface area contributed by atoms with Gasteiger partial charge in [0.1, 0.15) is 11.6 Å². The van der Waals surface area contributed by atoms with Crippen LogP contribution in [-0.2, 0) is 13.1 Å². The van der Waals surface area contributed by atoms with Crippen LogP contribution in [0.25, 0.3) is 11.0 Å². The Morgan fingerprint density at radius 2 is 1.52 bits per heavy atom. The number of rotatable bonds is 5. The van der Waals surface area contributed by atoms with Gasteiger partial charge in [0.25, 0.3) is 0 Å². The van der Waals surface area contributed by atoms with Crippen molar-refractivity contribution in [2.75, 3.05) is 31.1 Å². The van der Waals surface area contributed by atoms with Gasteiger partial charge in [-0.15, -0.1) is 0 Å². The van der Waals surface area contributed by atoms with Crippen LogP contribution in [-0.4, -0.2) is 40.6 Å². The predicted molar refractivity (Wildman–Crippen MR) is 124 cm³/mol. The van der Waals surface area contributed by atoms with E-state index in [1.165, 1.54) is 6.07 Å². The minimum Gasteiger partial charge on any atom is -0.367 e. The first-order valence-electron chi connectivity index (χ1n) is 10.6. The van der Waals surface area contributed by atoms with Crippen molar-refractivity contribution in [3.63, 3.8) is 0 Å². The topological polar surface area (TPSA) is 24.3 Å². The van der Waals surface area contributed by atoms with Crippen LogP contribution in [0.2, 0.25) is 5.02 Å². The Kier molecular flexibility index (Phi) is 5.62. The number of hydrogen-bond donors (Lipinski definition) is 0. The van der Waals surface area contributed by atoms with Gasteiger partial charge < -0.3 is 9.47 Å². The van der Waals surface area contributed by atoms with Crippen molar-refractivity contribution in [1.29, 1.82) is 0 Å². The maximum atomic E-state index is 14.1. The molecule has 2 heterocycles. The monoisotopic (exact) mass is 434 g/mol. The number of aromatic nitrogens is 2. The first kappa shape index (κ1) is 20.0. The number of nitrogens with zero attached hydrogens (tertiary/aromatic N) is 4. The summed E-state index contributed by atoms with van der Waals surface area (Å²) < 4.78 is 16.4. The van der Waals surface area contributed by atoms with Crippen molar-refractivity contribution in [2.24, 2.45) is 0 Å². The third kappa shape index (κ3) is 4.16. The summed E-state index contributed by atoms with van der Waals surface area (Å²) in [6.45, 7) is 4.76. The molecular formula is C25H24ClFN4. The van der Waals surface area contributed by atoms with Crippen LogP contribution in [0.1, 0.15) is 11.4 Å². The zero-order valence-corrected chi connectivity index (χ0v) is 18.0. The van der Waals surface area contributed by atoms with E-state index in [9.17, 15) is 4.39 Å². The SMILES string of the molecule is Fc1ccccc1N1CCN(Cc2nc3ccccc3n2Cc2ccccc2Cl)CC1. The van der Waals surface area contributed by atoms with Crippen LogP contribution >= 0.6 is 11.6 Å². The summed E-state index contributed by atoms with van der Waals surface area (Å²) in [5, 5.41) is 0.768. The van der Waals surface area contributed by atoms with E-state index in [1.54, 1.807) is 6.07 Å². The molecule has 1 fully saturated rings. The highest BCUT2D eigenvalue weighted by molar-refractivity contribution is 6.31. The lowest BCUT2D eigenvalue weighted by molar-refractivity contribution is 0.241. The summed E-state index contributed by atoms with van der Waals surface area (Å²) in [5.74, 6) is 0.873. The molecule has 0 amide bonds. The molecule has 3 aromatic carbocycles. The molecule has 31 heavy (non-hydrogen) atoms. The van der Waals surface area contributed by atoms with Crippen LogP contribution in [0.5, 0.6) is 0 Å². The summed E-state index contributed by atoms with van der Waals surface area (Å²) in [6.07, 6.45) is 0. The number of piperazine rings is 1. The molecule has 0 saturated carbocycles. The summed E-state index contributed by atoms with van der Waals surface area (Å²) in [4.78, 5) is 9.44. The summed E-state index contributed by atoms with van der Waals surface area (Å²) in [6, 6.07) is 23.2. The molecular weight excluding hydrogens is 411 g/mol. The van der Waals surface area contributed by atoms with Gasteiger partial charge in [-0.3, -0.25) is 4.90 Å². The van der Waals surface area contributed by atoms with Crippen LogP contribution in [0, 0.1) is 5.82 Å². The molecule has 1 saturated heterocycles. The molecule has 0 bridgehead atoms. The van der Waals surface area contributed by atoms with E-state index < -0.39 is 0 Å². The van der Waals surface area contributed by atoms with Crippen molar-refractivity contribution >= 4 is 28.3 Å². The molecule has 0 N–H and O–H groups in total. The van der Waals surface area contributed by atoms with E-state index in [4.69, 9.17) is 16.6 Å². The smallest absolute Gasteiger partial charge is 0.146 e. The highest BCUT2D eigenvalue weighted by Gasteiger charge is 2.21. The second-order valence-corrected chi connectivity index (χ2v) is 8.32. The molecule has 1 aliphatic rings. The Hall–Kier alpha value is -2.89. The summed E-state index contributed by atoms with van der Waals surface area (Å²) in [5.41, 5.74) is 3.88. The second kappa shape index (κ2) is 8.69. The molecule has 0 radical (unpaired) electrons. The normalized spacial score (nSPS) is 15.0. The van der Waals surface area contributed by atoms with Gasteiger partial charge in [0, 0.05) is 31.2 Å². The van der Waals surface area contributed by atoms with E-state index >= 15 is 0 Å². The van der Waals surface area contributed by atoms with Crippen molar-refractivity contribution in [3.05, 3.63) is 95.0 Å². The minimum atomic E-state index is -0.155. The molecule has 158 valence electrons. The molecule has 6 heteroatoms. The van der Waals surface area contributed by atoms with Gasteiger partial charge in [-0.2, -0.15) is 0 Å². The zero-order chi connectivity index (χ0) is 21.2.